The van der Waals surface area contributed by atoms with Crippen molar-refractivity contribution in [3.63, 3.8) is 0 Å². The van der Waals surface area contributed by atoms with Crippen molar-refractivity contribution in [2.24, 2.45) is 0 Å². The highest BCUT2D eigenvalue weighted by Crippen LogP contribution is 2.13. The molecule has 1 aromatic carbocycles. The first-order valence-electron chi connectivity index (χ1n) is 5.49. The summed E-state index contributed by atoms with van der Waals surface area (Å²) >= 11 is 0. The predicted molar refractivity (Wildman–Crippen MR) is 69.7 cm³/mol. The van der Waals surface area contributed by atoms with Crippen LogP contribution in [0.2, 0.25) is 0 Å². The van der Waals surface area contributed by atoms with Gasteiger partial charge in [0, 0.05) is 13.6 Å². The highest BCUT2D eigenvalue weighted by molar-refractivity contribution is 5.41. The largest absolute Gasteiger partial charge is 0.382 e. The van der Waals surface area contributed by atoms with Gasteiger partial charge in [-0.1, -0.05) is 29.8 Å². The molecule has 2 aromatic rings. The number of nitrogen functional groups attached to an aromatic ring is 1. The zero-order valence-electron chi connectivity index (χ0n) is 10.1. The van der Waals surface area contributed by atoms with Crippen LogP contribution in [0, 0.1) is 6.92 Å². The van der Waals surface area contributed by atoms with Gasteiger partial charge < -0.3 is 10.6 Å². The third-order valence-electron chi connectivity index (χ3n) is 2.53. The average molecular weight is 228 g/mol. The van der Waals surface area contributed by atoms with Crippen LogP contribution in [0.5, 0.6) is 0 Å². The van der Waals surface area contributed by atoms with Crippen molar-refractivity contribution in [1.29, 1.82) is 0 Å². The summed E-state index contributed by atoms with van der Waals surface area (Å²) in [5, 5.41) is 0. The van der Waals surface area contributed by atoms with Crippen LogP contribution in [-0.2, 0) is 6.54 Å². The lowest BCUT2D eigenvalue weighted by Crippen LogP contribution is -2.18. The summed E-state index contributed by atoms with van der Waals surface area (Å²) in [7, 11) is 1.98. The summed E-state index contributed by atoms with van der Waals surface area (Å²) in [6, 6.07) is 8.41. The normalized spacial score (nSPS) is 10.2. The number of benzene rings is 1. The van der Waals surface area contributed by atoms with Gasteiger partial charge in [-0.2, -0.15) is 0 Å². The van der Waals surface area contributed by atoms with Gasteiger partial charge in [0.25, 0.3) is 0 Å². The molecule has 0 atom stereocenters. The summed E-state index contributed by atoms with van der Waals surface area (Å²) in [4.78, 5) is 10.3. The molecule has 1 aromatic heterocycles. The van der Waals surface area contributed by atoms with Gasteiger partial charge in [0.15, 0.2) is 0 Å². The van der Waals surface area contributed by atoms with Crippen LogP contribution in [0.25, 0.3) is 0 Å². The topological polar surface area (TPSA) is 55.0 Å². The molecule has 0 saturated carbocycles. The van der Waals surface area contributed by atoms with Crippen molar-refractivity contribution in [2.45, 2.75) is 13.5 Å². The minimum Gasteiger partial charge on any atom is -0.382 e. The Balaban J connectivity index is 2.14. The van der Waals surface area contributed by atoms with Gasteiger partial charge in [-0.3, -0.25) is 4.98 Å². The van der Waals surface area contributed by atoms with E-state index in [1.54, 1.807) is 12.4 Å². The second-order valence-corrected chi connectivity index (χ2v) is 4.15. The fraction of sp³-hybridized carbons (Fsp3) is 0.231. The second kappa shape index (κ2) is 4.82. The molecule has 0 aliphatic carbocycles. The number of anilines is 2. The molecule has 0 fully saturated rings. The number of nitrogens with zero attached hydrogens (tertiary/aromatic N) is 3. The van der Waals surface area contributed by atoms with Crippen molar-refractivity contribution >= 4 is 11.6 Å². The lowest BCUT2D eigenvalue weighted by Gasteiger charge is -2.18. The zero-order chi connectivity index (χ0) is 12.3. The van der Waals surface area contributed by atoms with E-state index in [0.29, 0.717) is 5.82 Å². The summed E-state index contributed by atoms with van der Waals surface area (Å²) in [5.41, 5.74) is 8.12. The van der Waals surface area contributed by atoms with Crippen LogP contribution in [0.4, 0.5) is 11.6 Å². The van der Waals surface area contributed by atoms with E-state index < -0.39 is 0 Å². The smallest absolute Gasteiger partial charge is 0.149 e. The van der Waals surface area contributed by atoms with Gasteiger partial charge in [0.2, 0.25) is 0 Å². The molecule has 1 heterocycles. The molecule has 0 amide bonds. The standard InChI is InChI=1S/C13H16N4/c1-10-4-3-5-11(6-10)9-17(2)13-8-15-7-12(14)16-13/h3-8H,9H2,1-2H3,(H2,14,16). The summed E-state index contributed by atoms with van der Waals surface area (Å²) in [5.74, 6) is 1.23. The van der Waals surface area contributed by atoms with E-state index in [1.165, 1.54) is 11.1 Å². The first kappa shape index (κ1) is 11.4. The molecule has 0 unspecified atom stereocenters. The van der Waals surface area contributed by atoms with Crippen molar-refractivity contribution in [3.8, 4) is 0 Å². The minimum absolute atomic E-state index is 0.443. The maximum Gasteiger partial charge on any atom is 0.149 e. The molecule has 0 radical (unpaired) electrons. The van der Waals surface area contributed by atoms with Crippen LogP contribution in [0.15, 0.2) is 36.7 Å². The average Bonchev–Trinajstić information content (AvgIpc) is 2.29. The van der Waals surface area contributed by atoms with E-state index in [2.05, 4.69) is 41.2 Å². The molecule has 2 N–H and O–H groups in total. The van der Waals surface area contributed by atoms with E-state index in [9.17, 15) is 0 Å². The minimum atomic E-state index is 0.443. The van der Waals surface area contributed by atoms with E-state index >= 15 is 0 Å². The third-order valence-corrected chi connectivity index (χ3v) is 2.53. The number of hydrogen-bond acceptors (Lipinski definition) is 4. The number of rotatable bonds is 3. The fourth-order valence-corrected chi connectivity index (χ4v) is 1.72. The number of aryl methyl sites for hydroxylation is 1. The zero-order valence-corrected chi connectivity index (χ0v) is 10.1. The Hall–Kier alpha value is -2.10. The number of aromatic nitrogens is 2. The van der Waals surface area contributed by atoms with Crippen molar-refractivity contribution in [1.82, 2.24) is 9.97 Å². The van der Waals surface area contributed by atoms with Gasteiger partial charge in [0.1, 0.15) is 11.6 Å². The van der Waals surface area contributed by atoms with Crippen molar-refractivity contribution in [2.75, 3.05) is 17.7 Å². The SMILES string of the molecule is Cc1cccc(CN(C)c2cncc(N)n2)c1. The molecular formula is C13H16N4. The second-order valence-electron chi connectivity index (χ2n) is 4.15. The van der Waals surface area contributed by atoms with Crippen molar-refractivity contribution < 1.29 is 0 Å². The van der Waals surface area contributed by atoms with Gasteiger partial charge in [0.05, 0.1) is 12.4 Å². The Labute approximate surface area is 101 Å². The molecule has 88 valence electrons. The van der Waals surface area contributed by atoms with E-state index in [1.807, 2.05) is 11.9 Å². The molecular weight excluding hydrogens is 212 g/mol. The van der Waals surface area contributed by atoms with Crippen LogP contribution in [-0.4, -0.2) is 17.0 Å². The summed E-state index contributed by atoms with van der Waals surface area (Å²) < 4.78 is 0. The molecule has 0 bridgehead atoms. The first-order valence-corrected chi connectivity index (χ1v) is 5.49. The Morgan fingerprint density at radius 2 is 2.12 bits per heavy atom. The predicted octanol–water partition coefficient (Wildman–Crippen LogP) is 2.00. The van der Waals surface area contributed by atoms with E-state index in [4.69, 9.17) is 5.73 Å². The van der Waals surface area contributed by atoms with E-state index in [-0.39, 0.29) is 0 Å². The van der Waals surface area contributed by atoms with Gasteiger partial charge in [-0.15, -0.1) is 0 Å². The Morgan fingerprint density at radius 3 is 2.82 bits per heavy atom. The highest BCUT2D eigenvalue weighted by Gasteiger charge is 2.04. The molecule has 4 nitrogen and oxygen atoms in total. The number of hydrogen-bond donors (Lipinski definition) is 1. The third kappa shape index (κ3) is 2.93. The van der Waals surface area contributed by atoms with E-state index in [0.717, 1.165) is 12.4 Å². The van der Waals surface area contributed by atoms with Crippen LogP contribution in [0.1, 0.15) is 11.1 Å². The molecule has 4 heteroatoms. The first-order chi connectivity index (χ1) is 8.15. The highest BCUT2D eigenvalue weighted by atomic mass is 15.2. The maximum absolute atomic E-state index is 5.61. The van der Waals surface area contributed by atoms with Crippen LogP contribution >= 0.6 is 0 Å². The molecule has 0 spiro atoms. The molecule has 17 heavy (non-hydrogen) atoms. The van der Waals surface area contributed by atoms with Gasteiger partial charge in [-0.25, -0.2) is 4.98 Å². The summed E-state index contributed by atoms with van der Waals surface area (Å²) in [6.45, 7) is 2.88. The van der Waals surface area contributed by atoms with Gasteiger partial charge in [-0.05, 0) is 12.5 Å². The van der Waals surface area contributed by atoms with Gasteiger partial charge >= 0.3 is 0 Å². The van der Waals surface area contributed by atoms with Crippen molar-refractivity contribution in [3.05, 3.63) is 47.8 Å². The molecule has 0 saturated heterocycles. The van der Waals surface area contributed by atoms with Crippen LogP contribution in [0.3, 0.4) is 0 Å². The van der Waals surface area contributed by atoms with Crippen LogP contribution < -0.4 is 10.6 Å². The summed E-state index contributed by atoms with van der Waals surface area (Å²) in [6.07, 6.45) is 3.26. The maximum atomic E-state index is 5.61. The Bertz CT molecular complexity index is 510. The fourth-order valence-electron chi connectivity index (χ4n) is 1.72. The lowest BCUT2D eigenvalue weighted by molar-refractivity contribution is 0.891. The molecule has 0 aliphatic heterocycles. The number of nitrogens with two attached hydrogens (primary N) is 1. The molecule has 0 aliphatic rings. The Kier molecular flexibility index (Phi) is 3.23. The quantitative estimate of drug-likeness (QED) is 0.873. The lowest BCUT2D eigenvalue weighted by atomic mass is 10.1. The monoisotopic (exact) mass is 228 g/mol. The Morgan fingerprint density at radius 1 is 1.29 bits per heavy atom. The molecule has 2 rings (SSSR count).